The summed E-state index contributed by atoms with van der Waals surface area (Å²) >= 11 is 0. The van der Waals surface area contributed by atoms with Crippen molar-refractivity contribution in [3.8, 4) is 0 Å². The van der Waals surface area contributed by atoms with E-state index in [9.17, 15) is 0 Å². The van der Waals surface area contributed by atoms with E-state index in [0.29, 0.717) is 0 Å². The summed E-state index contributed by atoms with van der Waals surface area (Å²) in [6, 6.07) is 9.34. The SMILES string of the molecule is CCCCCCc1ccc(N2C[C@H](C)C[C@H](C)C2)cc1. The molecule has 1 aromatic rings. The van der Waals surface area contributed by atoms with Crippen molar-refractivity contribution < 1.29 is 0 Å². The van der Waals surface area contributed by atoms with E-state index in [1.54, 1.807) is 0 Å². The van der Waals surface area contributed by atoms with Crippen molar-refractivity contribution in [3.63, 3.8) is 0 Å². The summed E-state index contributed by atoms with van der Waals surface area (Å²) in [6.45, 7) is 9.48. The van der Waals surface area contributed by atoms with Gasteiger partial charge in [-0.25, -0.2) is 0 Å². The molecule has 1 fully saturated rings. The van der Waals surface area contributed by atoms with Gasteiger partial charge in [0.25, 0.3) is 0 Å². The first-order chi connectivity index (χ1) is 9.69. The molecule has 0 radical (unpaired) electrons. The van der Waals surface area contributed by atoms with Crippen LogP contribution in [0.15, 0.2) is 24.3 Å². The van der Waals surface area contributed by atoms with Gasteiger partial charge in [-0.2, -0.15) is 0 Å². The van der Waals surface area contributed by atoms with Gasteiger partial charge in [0, 0.05) is 18.8 Å². The van der Waals surface area contributed by atoms with Gasteiger partial charge in [-0.1, -0.05) is 52.2 Å². The molecule has 112 valence electrons. The molecule has 0 spiro atoms. The second kappa shape index (κ2) is 7.71. The molecule has 1 aliphatic rings. The summed E-state index contributed by atoms with van der Waals surface area (Å²) in [6.07, 6.45) is 8.04. The highest BCUT2D eigenvalue weighted by Crippen LogP contribution is 2.26. The summed E-state index contributed by atoms with van der Waals surface area (Å²) in [4.78, 5) is 2.57. The van der Waals surface area contributed by atoms with Gasteiger partial charge in [-0.05, 0) is 48.8 Å². The molecular weight excluding hydrogens is 242 g/mol. The van der Waals surface area contributed by atoms with Crippen molar-refractivity contribution in [2.45, 2.75) is 59.3 Å². The van der Waals surface area contributed by atoms with Gasteiger partial charge in [-0.15, -0.1) is 0 Å². The van der Waals surface area contributed by atoms with Crippen LogP contribution in [0.5, 0.6) is 0 Å². The Morgan fingerprint density at radius 2 is 1.60 bits per heavy atom. The monoisotopic (exact) mass is 273 g/mol. The van der Waals surface area contributed by atoms with E-state index in [0.717, 1.165) is 11.8 Å². The Labute approximate surface area is 125 Å². The molecule has 2 atom stereocenters. The zero-order chi connectivity index (χ0) is 14.4. The number of aryl methyl sites for hydroxylation is 1. The van der Waals surface area contributed by atoms with Crippen molar-refractivity contribution in [3.05, 3.63) is 29.8 Å². The highest BCUT2D eigenvalue weighted by molar-refractivity contribution is 5.48. The molecule has 1 heteroatoms. The quantitative estimate of drug-likeness (QED) is 0.636. The Morgan fingerprint density at radius 3 is 2.20 bits per heavy atom. The van der Waals surface area contributed by atoms with E-state index in [4.69, 9.17) is 0 Å². The average molecular weight is 273 g/mol. The molecule has 0 saturated carbocycles. The second-order valence-electron chi connectivity index (χ2n) is 6.83. The molecule has 0 bridgehead atoms. The van der Waals surface area contributed by atoms with Gasteiger partial charge in [0.2, 0.25) is 0 Å². The average Bonchev–Trinajstić information content (AvgIpc) is 2.43. The number of hydrogen-bond donors (Lipinski definition) is 0. The largest absolute Gasteiger partial charge is 0.371 e. The number of anilines is 1. The van der Waals surface area contributed by atoms with Gasteiger partial charge >= 0.3 is 0 Å². The zero-order valence-corrected chi connectivity index (χ0v) is 13.6. The summed E-state index contributed by atoms with van der Waals surface area (Å²) in [7, 11) is 0. The molecule has 0 unspecified atom stereocenters. The first-order valence-corrected chi connectivity index (χ1v) is 8.53. The molecule has 0 aliphatic carbocycles. The molecule has 1 aromatic carbocycles. The Hall–Kier alpha value is -0.980. The third kappa shape index (κ3) is 4.54. The second-order valence-corrected chi connectivity index (χ2v) is 6.83. The topological polar surface area (TPSA) is 3.24 Å². The molecule has 20 heavy (non-hydrogen) atoms. The maximum Gasteiger partial charge on any atom is 0.0366 e. The summed E-state index contributed by atoms with van der Waals surface area (Å²) in [5.41, 5.74) is 2.92. The fourth-order valence-corrected chi connectivity index (χ4v) is 3.50. The Bertz CT molecular complexity index is 371. The standard InChI is InChI=1S/C19H31N/c1-4-5-6-7-8-18-9-11-19(12-10-18)20-14-16(2)13-17(3)15-20/h9-12,16-17H,4-8,13-15H2,1-3H3/t16-,17+. The van der Waals surface area contributed by atoms with Crippen LogP contribution in [-0.4, -0.2) is 13.1 Å². The molecular formula is C19H31N. The molecule has 0 aromatic heterocycles. The maximum absolute atomic E-state index is 2.57. The van der Waals surface area contributed by atoms with Crippen LogP contribution in [0.25, 0.3) is 0 Å². The fourth-order valence-electron chi connectivity index (χ4n) is 3.50. The van der Waals surface area contributed by atoms with Crippen molar-refractivity contribution in [2.75, 3.05) is 18.0 Å². The van der Waals surface area contributed by atoms with E-state index < -0.39 is 0 Å². The number of hydrogen-bond acceptors (Lipinski definition) is 1. The number of benzene rings is 1. The fraction of sp³-hybridized carbons (Fsp3) is 0.684. The molecule has 1 saturated heterocycles. The predicted molar refractivity (Wildman–Crippen MR) is 89.4 cm³/mol. The van der Waals surface area contributed by atoms with Crippen molar-refractivity contribution in [1.82, 2.24) is 0 Å². The van der Waals surface area contributed by atoms with E-state index >= 15 is 0 Å². The highest BCUT2D eigenvalue weighted by Gasteiger charge is 2.21. The minimum atomic E-state index is 0.826. The number of rotatable bonds is 6. The molecule has 0 N–H and O–H groups in total. The van der Waals surface area contributed by atoms with E-state index in [1.165, 1.54) is 62.9 Å². The zero-order valence-electron chi connectivity index (χ0n) is 13.6. The van der Waals surface area contributed by atoms with Crippen LogP contribution < -0.4 is 4.90 Å². The molecule has 0 amide bonds. The molecule has 1 heterocycles. The van der Waals surface area contributed by atoms with Crippen molar-refractivity contribution >= 4 is 5.69 Å². The molecule has 2 rings (SSSR count). The number of nitrogens with zero attached hydrogens (tertiary/aromatic N) is 1. The van der Waals surface area contributed by atoms with Gasteiger partial charge < -0.3 is 4.90 Å². The van der Waals surface area contributed by atoms with Gasteiger partial charge in [0.1, 0.15) is 0 Å². The lowest BCUT2D eigenvalue weighted by Gasteiger charge is -2.36. The summed E-state index contributed by atoms with van der Waals surface area (Å²) < 4.78 is 0. The van der Waals surface area contributed by atoms with Crippen LogP contribution >= 0.6 is 0 Å². The van der Waals surface area contributed by atoms with Crippen molar-refractivity contribution in [2.24, 2.45) is 11.8 Å². The van der Waals surface area contributed by atoms with Crippen molar-refractivity contribution in [1.29, 1.82) is 0 Å². The normalized spacial score (nSPS) is 23.1. The number of piperidine rings is 1. The van der Waals surface area contributed by atoms with Gasteiger partial charge in [0.05, 0.1) is 0 Å². The lowest BCUT2D eigenvalue weighted by molar-refractivity contribution is 0.357. The van der Waals surface area contributed by atoms with Gasteiger partial charge in [-0.3, -0.25) is 0 Å². The van der Waals surface area contributed by atoms with E-state index in [-0.39, 0.29) is 0 Å². The Morgan fingerprint density at radius 1 is 0.950 bits per heavy atom. The lowest BCUT2D eigenvalue weighted by Crippen LogP contribution is -2.38. The smallest absolute Gasteiger partial charge is 0.0366 e. The predicted octanol–water partition coefficient (Wildman–Crippen LogP) is 5.29. The van der Waals surface area contributed by atoms with Crippen LogP contribution in [0.2, 0.25) is 0 Å². The first kappa shape index (κ1) is 15.4. The minimum Gasteiger partial charge on any atom is -0.371 e. The van der Waals surface area contributed by atoms with Crippen LogP contribution in [0, 0.1) is 11.8 Å². The highest BCUT2D eigenvalue weighted by atomic mass is 15.1. The Kier molecular flexibility index (Phi) is 5.94. The number of unbranched alkanes of at least 4 members (excludes halogenated alkanes) is 3. The first-order valence-electron chi connectivity index (χ1n) is 8.53. The van der Waals surface area contributed by atoms with Crippen LogP contribution in [0.3, 0.4) is 0 Å². The third-order valence-corrected chi connectivity index (χ3v) is 4.49. The van der Waals surface area contributed by atoms with Crippen LogP contribution in [0.4, 0.5) is 5.69 Å². The van der Waals surface area contributed by atoms with Gasteiger partial charge in [0.15, 0.2) is 0 Å². The van der Waals surface area contributed by atoms with E-state index in [2.05, 4.69) is 49.9 Å². The minimum absolute atomic E-state index is 0.826. The third-order valence-electron chi connectivity index (χ3n) is 4.49. The summed E-state index contributed by atoms with van der Waals surface area (Å²) in [5.74, 6) is 1.65. The molecule has 1 nitrogen and oxygen atoms in total. The molecule has 1 aliphatic heterocycles. The van der Waals surface area contributed by atoms with E-state index in [1.807, 2.05) is 0 Å². The summed E-state index contributed by atoms with van der Waals surface area (Å²) in [5, 5.41) is 0. The Balaban J connectivity index is 1.87. The van der Waals surface area contributed by atoms with Crippen LogP contribution in [-0.2, 0) is 6.42 Å². The lowest BCUT2D eigenvalue weighted by atomic mass is 9.91. The maximum atomic E-state index is 2.57. The van der Waals surface area contributed by atoms with Crippen LogP contribution in [0.1, 0.15) is 58.4 Å².